The number of benzene rings is 1. The first-order chi connectivity index (χ1) is 9.06. The lowest BCUT2D eigenvalue weighted by Crippen LogP contribution is -2.03. The second-order valence-electron chi connectivity index (χ2n) is 4.19. The maximum Gasteiger partial charge on any atom is 0.224 e. The Morgan fingerprint density at radius 2 is 2.00 bits per heavy atom. The Balaban J connectivity index is 2.28. The molecule has 2 aromatic heterocycles. The van der Waals surface area contributed by atoms with Crippen molar-refractivity contribution in [1.82, 2.24) is 19.7 Å². The van der Waals surface area contributed by atoms with Gasteiger partial charge in [-0.15, -0.1) is 0 Å². The molecule has 3 aromatic rings. The Morgan fingerprint density at radius 3 is 2.74 bits per heavy atom. The number of fused-ring (bicyclic) bond motifs is 1. The van der Waals surface area contributed by atoms with Crippen LogP contribution in [0.4, 0.5) is 11.8 Å². The average molecular weight is 275 g/mol. The summed E-state index contributed by atoms with van der Waals surface area (Å²) in [4.78, 5) is 8.07. The van der Waals surface area contributed by atoms with Crippen molar-refractivity contribution in [3.63, 3.8) is 0 Å². The van der Waals surface area contributed by atoms with Gasteiger partial charge in [0.1, 0.15) is 5.82 Å². The van der Waals surface area contributed by atoms with E-state index in [0.717, 1.165) is 11.3 Å². The van der Waals surface area contributed by atoms with Crippen LogP contribution >= 0.6 is 11.6 Å². The van der Waals surface area contributed by atoms with Crippen LogP contribution in [0.3, 0.4) is 0 Å². The fourth-order valence-corrected chi connectivity index (χ4v) is 2.02. The van der Waals surface area contributed by atoms with Gasteiger partial charge in [-0.2, -0.15) is 15.1 Å². The molecule has 1 aromatic carbocycles. The van der Waals surface area contributed by atoms with Gasteiger partial charge in [-0.1, -0.05) is 17.7 Å². The van der Waals surface area contributed by atoms with Gasteiger partial charge in [-0.3, -0.25) is 0 Å². The molecule has 0 unspecified atom stereocenters. The van der Waals surface area contributed by atoms with Crippen LogP contribution < -0.4 is 11.5 Å². The molecule has 0 aliphatic heterocycles. The molecule has 2 heterocycles. The molecule has 0 aliphatic rings. The number of nitrogen functional groups attached to an aromatic ring is 2. The predicted octanol–water partition coefficient (Wildman–Crippen LogP) is 1.94. The van der Waals surface area contributed by atoms with Crippen LogP contribution in [-0.2, 0) is 0 Å². The monoisotopic (exact) mass is 274 g/mol. The van der Waals surface area contributed by atoms with Crippen molar-refractivity contribution in [3.8, 4) is 5.69 Å². The van der Waals surface area contributed by atoms with Crippen molar-refractivity contribution in [3.05, 3.63) is 35.0 Å². The number of aryl methyl sites for hydroxylation is 1. The summed E-state index contributed by atoms with van der Waals surface area (Å²) in [6.45, 7) is 1.94. The Kier molecular flexibility index (Phi) is 2.53. The summed E-state index contributed by atoms with van der Waals surface area (Å²) in [5.41, 5.74) is 13.8. The van der Waals surface area contributed by atoms with E-state index in [1.807, 2.05) is 25.1 Å². The number of rotatable bonds is 1. The number of halogens is 1. The Morgan fingerprint density at radius 1 is 1.21 bits per heavy atom. The standard InChI is InChI=1S/C12H11ClN6/c1-6-2-3-7(4-9(6)13)19-11-8(5-16-19)10(14)17-12(15)18-11/h2-5H,1H3,(H4,14,15,17,18). The fraction of sp³-hybridized carbons (Fsp3) is 0.0833. The van der Waals surface area contributed by atoms with E-state index in [4.69, 9.17) is 23.1 Å². The zero-order valence-corrected chi connectivity index (χ0v) is 10.9. The normalized spacial score (nSPS) is 11.1. The van der Waals surface area contributed by atoms with E-state index in [1.165, 1.54) is 0 Å². The number of hydrogen-bond donors (Lipinski definition) is 2. The van der Waals surface area contributed by atoms with Gasteiger partial charge in [0, 0.05) is 5.02 Å². The van der Waals surface area contributed by atoms with Crippen LogP contribution in [-0.4, -0.2) is 19.7 Å². The van der Waals surface area contributed by atoms with Crippen molar-refractivity contribution >= 4 is 34.4 Å². The minimum atomic E-state index is 0.116. The van der Waals surface area contributed by atoms with Gasteiger partial charge in [0.15, 0.2) is 5.65 Å². The molecule has 96 valence electrons. The molecular formula is C12H11ClN6. The first kappa shape index (κ1) is 11.7. The average Bonchev–Trinajstić information content (AvgIpc) is 2.76. The van der Waals surface area contributed by atoms with Crippen molar-refractivity contribution in [2.24, 2.45) is 0 Å². The Hall–Kier alpha value is -2.34. The van der Waals surface area contributed by atoms with Gasteiger partial charge in [0.05, 0.1) is 17.3 Å². The van der Waals surface area contributed by atoms with Gasteiger partial charge < -0.3 is 11.5 Å². The van der Waals surface area contributed by atoms with Crippen LogP contribution in [0.25, 0.3) is 16.7 Å². The summed E-state index contributed by atoms with van der Waals surface area (Å²) in [7, 11) is 0. The third-order valence-electron chi connectivity index (χ3n) is 2.88. The molecule has 0 amide bonds. The lowest BCUT2D eigenvalue weighted by atomic mass is 10.2. The molecule has 6 nitrogen and oxygen atoms in total. The molecule has 0 bridgehead atoms. The molecular weight excluding hydrogens is 264 g/mol. The highest BCUT2D eigenvalue weighted by Gasteiger charge is 2.11. The minimum absolute atomic E-state index is 0.116. The summed E-state index contributed by atoms with van der Waals surface area (Å²) in [5, 5.41) is 5.58. The number of anilines is 2. The van der Waals surface area contributed by atoms with Crippen LogP contribution in [0, 0.1) is 6.92 Å². The molecule has 0 saturated heterocycles. The molecule has 7 heteroatoms. The number of hydrogen-bond acceptors (Lipinski definition) is 5. The van der Waals surface area contributed by atoms with E-state index in [1.54, 1.807) is 10.9 Å². The van der Waals surface area contributed by atoms with E-state index in [-0.39, 0.29) is 5.95 Å². The van der Waals surface area contributed by atoms with Gasteiger partial charge in [-0.25, -0.2) is 4.68 Å². The summed E-state index contributed by atoms with van der Waals surface area (Å²) < 4.78 is 1.63. The van der Waals surface area contributed by atoms with Crippen LogP contribution in [0.1, 0.15) is 5.56 Å². The second-order valence-corrected chi connectivity index (χ2v) is 4.60. The maximum absolute atomic E-state index is 6.12. The fourth-order valence-electron chi connectivity index (χ4n) is 1.85. The molecule has 0 radical (unpaired) electrons. The summed E-state index contributed by atoms with van der Waals surface area (Å²) in [6.07, 6.45) is 1.61. The van der Waals surface area contributed by atoms with Crippen molar-refractivity contribution in [2.75, 3.05) is 11.5 Å². The van der Waals surface area contributed by atoms with Gasteiger partial charge in [-0.05, 0) is 24.6 Å². The third kappa shape index (κ3) is 1.86. The van der Waals surface area contributed by atoms with Crippen molar-refractivity contribution in [2.45, 2.75) is 6.92 Å². The molecule has 0 saturated carbocycles. The third-order valence-corrected chi connectivity index (χ3v) is 3.28. The first-order valence-electron chi connectivity index (χ1n) is 5.59. The van der Waals surface area contributed by atoms with E-state index in [0.29, 0.717) is 21.9 Å². The molecule has 19 heavy (non-hydrogen) atoms. The van der Waals surface area contributed by atoms with E-state index < -0.39 is 0 Å². The van der Waals surface area contributed by atoms with Gasteiger partial charge in [0.2, 0.25) is 5.95 Å². The lowest BCUT2D eigenvalue weighted by molar-refractivity contribution is 0.896. The zero-order valence-electron chi connectivity index (χ0n) is 10.1. The quantitative estimate of drug-likeness (QED) is 0.707. The SMILES string of the molecule is Cc1ccc(-n2ncc3c(N)nc(N)nc32)cc1Cl. The van der Waals surface area contributed by atoms with Crippen molar-refractivity contribution in [1.29, 1.82) is 0 Å². The zero-order chi connectivity index (χ0) is 13.6. The van der Waals surface area contributed by atoms with Gasteiger partial charge >= 0.3 is 0 Å². The number of aromatic nitrogens is 4. The van der Waals surface area contributed by atoms with Crippen molar-refractivity contribution < 1.29 is 0 Å². The summed E-state index contributed by atoms with van der Waals surface area (Å²) in [6, 6.07) is 5.64. The second kappa shape index (κ2) is 4.10. The van der Waals surface area contributed by atoms with Crippen LogP contribution in [0.15, 0.2) is 24.4 Å². The minimum Gasteiger partial charge on any atom is -0.383 e. The van der Waals surface area contributed by atoms with E-state index in [9.17, 15) is 0 Å². The van der Waals surface area contributed by atoms with E-state index >= 15 is 0 Å². The largest absolute Gasteiger partial charge is 0.383 e. The smallest absolute Gasteiger partial charge is 0.224 e. The lowest BCUT2D eigenvalue weighted by Gasteiger charge is -2.05. The summed E-state index contributed by atoms with van der Waals surface area (Å²) >= 11 is 6.12. The number of nitrogens with zero attached hydrogens (tertiary/aromatic N) is 4. The molecule has 0 fully saturated rings. The topological polar surface area (TPSA) is 95.6 Å². The Labute approximate surface area is 114 Å². The predicted molar refractivity (Wildman–Crippen MR) is 75.2 cm³/mol. The molecule has 0 atom stereocenters. The molecule has 3 rings (SSSR count). The van der Waals surface area contributed by atoms with Crippen LogP contribution in [0.5, 0.6) is 0 Å². The Bertz CT molecular complexity index is 779. The maximum atomic E-state index is 6.12. The molecule has 0 aliphatic carbocycles. The highest BCUT2D eigenvalue weighted by atomic mass is 35.5. The highest BCUT2D eigenvalue weighted by molar-refractivity contribution is 6.31. The number of nitrogens with two attached hydrogens (primary N) is 2. The molecule has 4 N–H and O–H groups in total. The van der Waals surface area contributed by atoms with Gasteiger partial charge in [0.25, 0.3) is 0 Å². The summed E-state index contributed by atoms with van der Waals surface area (Å²) in [5.74, 6) is 0.428. The highest BCUT2D eigenvalue weighted by Crippen LogP contribution is 2.24. The first-order valence-corrected chi connectivity index (χ1v) is 5.97. The van der Waals surface area contributed by atoms with E-state index in [2.05, 4.69) is 15.1 Å². The van der Waals surface area contributed by atoms with Crippen LogP contribution in [0.2, 0.25) is 5.02 Å². The molecule has 0 spiro atoms.